The van der Waals surface area contributed by atoms with Crippen molar-refractivity contribution in [2.45, 2.75) is 33.2 Å². The monoisotopic (exact) mass is 268 g/mol. The van der Waals surface area contributed by atoms with Crippen molar-refractivity contribution >= 4 is 22.6 Å². The molecule has 0 spiro atoms. The number of hydrogen-bond acceptors (Lipinski definition) is 4. The number of anilines is 1. The van der Waals surface area contributed by atoms with E-state index in [0.717, 1.165) is 17.1 Å². The van der Waals surface area contributed by atoms with Gasteiger partial charge in [0.15, 0.2) is 0 Å². The number of amides is 2. The summed E-state index contributed by atoms with van der Waals surface area (Å²) in [4.78, 5) is 18.1. The molecule has 1 saturated heterocycles. The van der Waals surface area contributed by atoms with E-state index in [2.05, 4.69) is 23.1 Å². The Balaban J connectivity index is 2.20. The van der Waals surface area contributed by atoms with E-state index in [-0.39, 0.29) is 6.03 Å². The zero-order valence-electron chi connectivity index (χ0n) is 11.4. The van der Waals surface area contributed by atoms with Crippen molar-refractivity contribution in [3.8, 4) is 0 Å². The lowest BCUT2D eigenvalue weighted by molar-refractivity contribution is 0.101. The van der Waals surface area contributed by atoms with Gasteiger partial charge in [-0.15, -0.1) is 0 Å². The summed E-state index contributed by atoms with van der Waals surface area (Å²) in [6, 6.07) is 2.49. The highest BCUT2D eigenvalue weighted by atomic mass is 32.1. The summed E-state index contributed by atoms with van der Waals surface area (Å²) in [7, 11) is 1.85. The Morgan fingerprint density at radius 3 is 2.78 bits per heavy atom. The van der Waals surface area contributed by atoms with Crippen molar-refractivity contribution < 1.29 is 4.79 Å². The molecule has 1 aromatic heterocycles. The zero-order chi connectivity index (χ0) is 13.3. The molecule has 1 unspecified atom stereocenters. The fourth-order valence-corrected chi connectivity index (χ4v) is 2.75. The Morgan fingerprint density at radius 2 is 2.22 bits per heavy atom. The van der Waals surface area contributed by atoms with Crippen LogP contribution in [0, 0.1) is 6.92 Å². The normalized spacial score (nSPS) is 19.4. The third-order valence-corrected chi connectivity index (χ3v) is 4.27. The molecule has 5 nitrogen and oxygen atoms in total. The quantitative estimate of drug-likeness (QED) is 0.844. The van der Waals surface area contributed by atoms with E-state index >= 15 is 0 Å². The summed E-state index contributed by atoms with van der Waals surface area (Å²) in [5.41, 5.74) is 0.964. The largest absolute Gasteiger partial charge is 0.327 e. The minimum Gasteiger partial charge on any atom is -0.314 e. The second-order valence-electron chi connectivity index (χ2n) is 4.84. The second-order valence-corrected chi connectivity index (χ2v) is 5.63. The van der Waals surface area contributed by atoms with Gasteiger partial charge in [0, 0.05) is 13.1 Å². The Kier molecular flexibility index (Phi) is 3.87. The molecule has 1 atom stereocenters. The first-order chi connectivity index (χ1) is 8.52. The number of aromatic nitrogens is 1. The van der Waals surface area contributed by atoms with Crippen LogP contribution in [0.3, 0.4) is 0 Å². The maximum absolute atomic E-state index is 12.2. The van der Waals surface area contributed by atoms with E-state index in [1.165, 1.54) is 11.5 Å². The molecule has 2 rings (SSSR count). The molecular formula is C12H20N4OS. The van der Waals surface area contributed by atoms with Crippen molar-refractivity contribution in [3.05, 3.63) is 11.8 Å². The van der Waals surface area contributed by atoms with E-state index < -0.39 is 0 Å². The second kappa shape index (κ2) is 5.24. The van der Waals surface area contributed by atoms with Crippen LogP contribution in [0.4, 0.5) is 9.80 Å². The molecule has 0 aliphatic carbocycles. The van der Waals surface area contributed by atoms with Crippen LogP contribution in [0.25, 0.3) is 0 Å². The van der Waals surface area contributed by atoms with Crippen molar-refractivity contribution in [2.24, 2.45) is 0 Å². The van der Waals surface area contributed by atoms with Gasteiger partial charge in [0.05, 0.1) is 19.0 Å². The predicted molar refractivity (Wildman–Crippen MR) is 73.8 cm³/mol. The molecule has 2 heterocycles. The molecule has 1 fully saturated rings. The summed E-state index contributed by atoms with van der Waals surface area (Å²) in [6.45, 7) is 7.66. The Labute approximate surface area is 112 Å². The molecule has 1 aliphatic heterocycles. The topological polar surface area (TPSA) is 39.7 Å². The molecule has 1 aromatic rings. The molecule has 0 saturated carbocycles. The SMILES string of the molecule is CCC(C)N1CN(C)C(=O)N(c2cc(C)ns2)C1. The summed E-state index contributed by atoms with van der Waals surface area (Å²) in [5.74, 6) is 0. The molecule has 0 N–H and O–H groups in total. The first-order valence-corrected chi connectivity index (χ1v) is 7.00. The maximum Gasteiger partial charge on any atom is 0.327 e. The van der Waals surface area contributed by atoms with Crippen LogP contribution in [-0.4, -0.2) is 46.6 Å². The van der Waals surface area contributed by atoms with Gasteiger partial charge in [0.25, 0.3) is 0 Å². The Hall–Kier alpha value is -1.14. The van der Waals surface area contributed by atoms with Crippen molar-refractivity contribution in [1.29, 1.82) is 0 Å². The molecule has 0 aromatic carbocycles. The van der Waals surface area contributed by atoms with Gasteiger partial charge in [0.2, 0.25) is 0 Å². The van der Waals surface area contributed by atoms with Crippen molar-refractivity contribution in [1.82, 2.24) is 14.2 Å². The third-order valence-electron chi connectivity index (χ3n) is 3.37. The lowest BCUT2D eigenvalue weighted by Crippen LogP contribution is -2.58. The average molecular weight is 268 g/mol. The first kappa shape index (κ1) is 13.3. The standard InChI is InChI=1S/C12H20N4OS/c1-5-10(3)15-7-14(4)12(17)16(8-15)11-6-9(2)13-18-11/h6,10H,5,7-8H2,1-4H3. The highest BCUT2D eigenvalue weighted by molar-refractivity contribution is 7.10. The average Bonchev–Trinajstić information content (AvgIpc) is 2.78. The molecule has 1 aliphatic rings. The van der Waals surface area contributed by atoms with Crippen LogP contribution >= 0.6 is 11.5 Å². The van der Waals surface area contributed by atoms with Crippen LogP contribution in [0.1, 0.15) is 26.0 Å². The summed E-state index contributed by atoms with van der Waals surface area (Å²) < 4.78 is 4.25. The minimum atomic E-state index is 0.0539. The van der Waals surface area contributed by atoms with E-state index in [4.69, 9.17) is 0 Å². The summed E-state index contributed by atoms with van der Waals surface area (Å²) >= 11 is 1.38. The van der Waals surface area contributed by atoms with Gasteiger partial charge in [0.1, 0.15) is 5.00 Å². The Morgan fingerprint density at radius 1 is 1.50 bits per heavy atom. The van der Waals surface area contributed by atoms with Crippen LogP contribution in [0.5, 0.6) is 0 Å². The van der Waals surface area contributed by atoms with Crippen LogP contribution in [0.15, 0.2) is 6.07 Å². The van der Waals surface area contributed by atoms with Crippen molar-refractivity contribution in [3.63, 3.8) is 0 Å². The fraction of sp³-hybridized carbons (Fsp3) is 0.667. The van der Waals surface area contributed by atoms with Crippen LogP contribution in [-0.2, 0) is 0 Å². The van der Waals surface area contributed by atoms with Gasteiger partial charge in [-0.25, -0.2) is 4.79 Å². The molecule has 6 heteroatoms. The van der Waals surface area contributed by atoms with Gasteiger partial charge >= 0.3 is 6.03 Å². The van der Waals surface area contributed by atoms with Crippen molar-refractivity contribution in [2.75, 3.05) is 25.3 Å². The fourth-order valence-electron chi connectivity index (χ4n) is 2.00. The Bertz CT molecular complexity index is 433. The van der Waals surface area contributed by atoms with Gasteiger partial charge < -0.3 is 4.90 Å². The van der Waals surface area contributed by atoms with E-state index in [1.54, 1.807) is 9.80 Å². The highest BCUT2D eigenvalue weighted by Crippen LogP contribution is 2.25. The number of rotatable bonds is 3. The number of nitrogens with zero attached hydrogens (tertiary/aromatic N) is 4. The molecule has 0 bridgehead atoms. The van der Waals surface area contributed by atoms with E-state index in [1.807, 2.05) is 20.0 Å². The van der Waals surface area contributed by atoms with Gasteiger partial charge in [-0.1, -0.05) is 6.92 Å². The smallest absolute Gasteiger partial charge is 0.314 e. The lowest BCUT2D eigenvalue weighted by Gasteiger charge is -2.42. The molecule has 18 heavy (non-hydrogen) atoms. The van der Waals surface area contributed by atoms with Gasteiger partial charge in [-0.3, -0.25) is 9.80 Å². The lowest BCUT2D eigenvalue weighted by atomic mass is 10.2. The third kappa shape index (κ3) is 2.49. The van der Waals surface area contributed by atoms with Crippen LogP contribution in [0.2, 0.25) is 0 Å². The number of carbonyl (C=O) groups excluding carboxylic acids is 1. The number of hydrogen-bond donors (Lipinski definition) is 0. The van der Waals surface area contributed by atoms with Gasteiger partial charge in [-0.2, -0.15) is 4.37 Å². The predicted octanol–water partition coefficient (Wildman–Crippen LogP) is 2.34. The maximum atomic E-state index is 12.2. The number of aryl methyl sites for hydroxylation is 1. The first-order valence-electron chi connectivity index (χ1n) is 6.23. The number of urea groups is 1. The van der Waals surface area contributed by atoms with Crippen LogP contribution < -0.4 is 4.90 Å². The number of carbonyl (C=O) groups is 1. The zero-order valence-corrected chi connectivity index (χ0v) is 12.2. The molecule has 100 valence electrons. The highest BCUT2D eigenvalue weighted by Gasteiger charge is 2.31. The summed E-state index contributed by atoms with van der Waals surface area (Å²) in [5, 5.41) is 0.928. The van der Waals surface area contributed by atoms with E-state index in [0.29, 0.717) is 19.4 Å². The molecule has 2 amide bonds. The minimum absolute atomic E-state index is 0.0539. The van der Waals surface area contributed by atoms with Gasteiger partial charge in [-0.05, 0) is 37.9 Å². The van der Waals surface area contributed by atoms with E-state index in [9.17, 15) is 4.79 Å². The summed E-state index contributed by atoms with van der Waals surface area (Å²) in [6.07, 6.45) is 1.08. The molecular weight excluding hydrogens is 248 g/mol. The molecule has 0 radical (unpaired) electrons.